The first-order valence-electron chi connectivity index (χ1n) is 5.67. The van der Waals surface area contributed by atoms with E-state index in [4.69, 9.17) is 0 Å². The summed E-state index contributed by atoms with van der Waals surface area (Å²) in [7, 11) is 0. The summed E-state index contributed by atoms with van der Waals surface area (Å²) < 4.78 is 2.06. The van der Waals surface area contributed by atoms with Crippen molar-refractivity contribution < 1.29 is 0 Å². The molecule has 0 N–H and O–H groups in total. The van der Waals surface area contributed by atoms with Gasteiger partial charge in [-0.1, -0.05) is 30.3 Å². The van der Waals surface area contributed by atoms with Crippen molar-refractivity contribution in [1.29, 1.82) is 0 Å². The van der Waals surface area contributed by atoms with E-state index in [2.05, 4.69) is 45.0 Å². The molecule has 0 saturated carbocycles. The zero-order valence-corrected chi connectivity index (χ0v) is 9.16. The molecule has 0 aliphatic carbocycles. The lowest BCUT2D eigenvalue weighted by Gasteiger charge is -2.39. The topological polar surface area (TPSA) is 21.1 Å². The molecule has 0 bridgehead atoms. The SMILES string of the molecule is c1ccc(CN2CC(n3cccn3)C2)cc1. The molecule has 0 radical (unpaired) electrons. The summed E-state index contributed by atoms with van der Waals surface area (Å²) in [5.74, 6) is 0. The summed E-state index contributed by atoms with van der Waals surface area (Å²) in [5, 5.41) is 4.27. The summed E-state index contributed by atoms with van der Waals surface area (Å²) in [6.45, 7) is 3.27. The van der Waals surface area contributed by atoms with Gasteiger partial charge in [0.2, 0.25) is 0 Å². The van der Waals surface area contributed by atoms with E-state index in [1.165, 1.54) is 5.56 Å². The van der Waals surface area contributed by atoms with E-state index in [9.17, 15) is 0 Å². The van der Waals surface area contributed by atoms with E-state index in [1.54, 1.807) is 0 Å². The number of nitrogens with zero attached hydrogens (tertiary/aromatic N) is 3. The predicted molar refractivity (Wildman–Crippen MR) is 63.0 cm³/mol. The van der Waals surface area contributed by atoms with Gasteiger partial charge in [-0.15, -0.1) is 0 Å². The Kier molecular flexibility index (Phi) is 2.46. The highest BCUT2D eigenvalue weighted by molar-refractivity contribution is 5.15. The van der Waals surface area contributed by atoms with Crippen LogP contribution in [-0.4, -0.2) is 27.8 Å². The van der Waals surface area contributed by atoms with Crippen molar-refractivity contribution in [2.75, 3.05) is 13.1 Å². The maximum absolute atomic E-state index is 4.27. The number of hydrogen-bond acceptors (Lipinski definition) is 2. The largest absolute Gasteiger partial charge is 0.295 e. The molecule has 2 aromatic rings. The molecule has 2 heterocycles. The van der Waals surface area contributed by atoms with Crippen LogP contribution in [0.25, 0.3) is 0 Å². The van der Waals surface area contributed by atoms with Gasteiger partial charge in [0.1, 0.15) is 0 Å². The van der Waals surface area contributed by atoms with Crippen molar-refractivity contribution >= 4 is 0 Å². The van der Waals surface area contributed by atoms with Gasteiger partial charge in [-0.25, -0.2) is 0 Å². The molecule has 0 unspecified atom stereocenters. The third-order valence-corrected chi connectivity index (χ3v) is 3.09. The summed E-state index contributed by atoms with van der Waals surface area (Å²) in [4.78, 5) is 2.45. The first kappa shape index (κ1) is 9.60. The van der Waals surface area contributed by atoms with Gasteiger partial charge in [-0.05, 0) is 11.6 Å². The van der Waals surface area contributed by atoms with Crippen LogP contribution in [0.3, 0.4) is 0 Å². The number of benzene rings is 1. The van der Waals surface area contributed by atoms with Gasteiger partial charge in [0.15, 0.2) is 0 Å². The van der Waals surface area contributed by atoms with Gasteiger partial charge >= 0.3 is 0 Å². The molecule has 0 amide bonds. The van der Waals surface area contributed by atoms with Gasteiger partial charge in [0.05, 0.1) is 6.04 Å². The van der Waals surface area contributed by atoms with Crippen molar-refractivity contribution in [3.05, 3.63) is 54.4 Å². The Balaban J connectivity index is 1.55. The number of rotatable bonds is 3. The Morgan fingerprint density at radius 1 is 1.12 bits per heavy atom. The van der Waals surface area contributed by atoms with E-state index in [0.29, 0.717) is 6.04 Å². The van der Waals surface area contributed by atoms with Crippen LogP contribution < -0.4 is 0 Å². The fourth-order valence-corrected chi connectivity index (χ4v) is 2.18. The molecular formula is C13H15N3. The quantitative estimate of drug-likeness (QED) is 0.777. The second-order valence-electron chi connectivity index (χ2n) is 4.32. The molecule has 82 valence electrons. The van der Waals surface area contributed by atoms with Gasteiger partial charge in [0.25, 0.3) is 0 Å². The Labute approximate surface area is 95.3 Å². The standard InChI is InChI=1S/C13H15N3/c1-2-5-12(6-3-1)9-15-10-13(11-15)16-8-4-7-14-16/h1-8,13H,9-11H2. The Bertz CT molecular complexity index is 429. The van der Waals surface area contributed by atoms with Crippen LogP contribution in [0.1, 0.15) is 11.6 Å². The molecule has 16 heavy (non-hydrogen) atoms. The van der Waals surface area contributed by atoms with Crippen molar-refractivity contribution in [3.63, 3.8) is 0 Å². The molecule has 3 nitrogen and oxygen atoms in total. The highest BCUT2D eigenvalue weighted by Gasteiger charge is 2.27. The first-order valence-corrected chi connectivity index (χ1v) is 5.67. The van der Waals surface area contributed by atoms with Gasteiger partial charge < -0.3 is 0 Å². The average molecular weight is 213 g/mol. The van der Waals surface area contributed by atoms with Crippen molar-refractivity contribution in [2.45, 2.75) is 12.6 Å². The molecule has 1 aliphatic heterocycles. The second-order valence-corrected chi connectivity index (χ2v) is 4.32. The average Bonchev–Trinajstić information content (AvgIpc) is 2.77. The third-order valence-electron chi connectivity index (χ3n) is 3.09. The van der Waals surface area contributed by atoms with Crippen LogP contribution in [0, 0.1) is 0 Å². The van der Waals surface area contributed by atoms with Crippen LogP contribution in [0.15, 0.2) is 48.8 Å². The van der Waals surface area contributed by atoms with E-state index in [-0.39, 0.29) is 0 Å². The molecule has 1 aromatic heterocycles. The minimum atomic E-state index is 0.568. The molecule has 3 rings (SSSR count). The Morgan fingerprint density at radius 2 is 1.94 bits per heavy atom. The van der Waals surface area contributed by atoms with Crippen molar-refractivity contribution in [2.24, 2.45) is 0 Å². The number of hydrogen-bond donors (Lipinski definition) is 0. The smallest absolute Gasteiger partial charge is 0.0773 e. The normalized spacial score (nSPS) is 17.2. The molecule has 1 aliphatic rings. The maximum atomic E-state index is 4.27. The molecule has 3 heteroatoms. The molecule has 0 spiro atoms. The Hall–Kier alpha value is -1.61. The third kappa shape index (κ3) is 1.86. The zero-order valence-electron chi connectivity index (χ0n) is 9.16. The minimum absolute atomic E-state index is 0.568. The van der Waals surface area contributed by atoms with E-state index < -0.39 is 0 Å². The van der Waals surface area contributed by atoms with Gasteiger partial charge in [0, 0.05) is 32.0 Å². The van der Waals surface area contributed by atoms with Crippen LogP contribution in [-0.2, 0) is 6.54 Å². The van der Waals surface area contributed by atoms with Gasteiger partial charge in [-0.3, -0.25) is 9.58 Å². The molecular weight excluding hydrogens is 198 g/mol. The van der Waals surface area contributed by atoms with Crippen LogP contribution in [0.2, 0.25) is 0 Å². The molecule has 1 saturated heterocycles. The molecule has 1 aromatic carbocycles. The second kappa shape index (κ2) is 4.10. The lowest BCUT2D eigenvalue weighted by molar-refractivity contribution is 0.0909. The fraction of sp³-hybridized carbons (Fsp3) is 0.308. The number of likely N-dealkylation sites (tertiary alicyclic amines) is 1. The summed E-state index contributed by atoms with van der Waals surface area (Å²) in [6, 6.07) is 13.2. The number of aromatic nitrogens is 2. The summed E-state index contributed by atoms with van der Waals surface area (Å²) in [6.07, 6.45) is 3.89. The lowest BCUT2D eigenvalue weighted by Crippen LogP contribution is -2.47. The van der Waals surface area contributed by atoms with E-state index >= 15 is 0 Å². The van der Waals surface area contributed by atoms with Crippen LogP contribution in [0.4, 0.5) is 0 Å². The zero-order chi connectivity index (χ0) is 10.8. The minimum Gasteiger partial charge on any atom is -0.295 e. The summed E-state index contributed by atoms with van der Waals surface area (Å²) >= 11 is 0. The highest BCUT2D eigenvalue weighted by Crippen LogP contribution is 2.21. The van der Waals surface area contributed by atoms with Gasteiger partial charge in [-0.2, -0.15) is 5.10 Å². The fourth-order valence-electron chi connectivity index (χ4n) is 2.18. The molecule has 1 fully saturated rings. The van der Waals surface area contributed by atoms with Crippen LogP contribution >= 0.6 is 0 Å². The lowest BCUT2D eigenvalue weighted by atomic mass is 10.1. The van der Waals surface area contributed by atoms with E-state index in [0.717, 1.165) is 19.6 Å². The first-order chi connectivity index (χ1) is 7.92. The molecule has 0 atom stereocenters. The summed E-state index contributed by atoms with van der Waals surface area (Å²) in [5.41, 5.74) is 1.39. The monoisotopic (exact) mass is 213 g/mol. The highest BCUT2D eigenvalue weighted by atomic mass is 15.4. The Morgan fingerprint density at radius 3 is 2.62 bits per heavy atom. The maximum Gasteiger partial charge on any atom is 0.0773 e. The van der Waals surface area contributed by atoms with Crippen LogP contribution in [0.5, 0.6) is 0 Å². The van der Waals surface area contributed by atoms with Crippen molar-refractivity contribution in [3.8, 4) is 0 Å². The predicted octanol–water partition coefficient (Wildman–Crippen LogP) is 1.94. The van der Waals surface area contributed by atoms with Crippen molar-refractivity contribution in [1.82, 2.24) is 14.7 Å². The van der Waals surface area contributed by atoms with E-state index in [1.807, 2.05) is 18.5 Å².